The molecule has 2 unspecified atom stereocenters. The molecule has 1 N–H and O–H groups in total. The smallest absolute Gasteiger partial charge is 0.308 e. The van der Waals surface area contributed by atoms with E-state index in [-0.39, 0.29) is 35.9 Å². The number of hydrogen-bond acceptors (Lipinski definition) is 7. The summed E-state index contributed by atoms with van der Waals surface area (Å²) in [6.45, 7) is 3.87. The Labute approximate surface area is 233 Å². The number of ether oxygens (including phenoxy) is 2. The van der Waals surface area contributed by atoms with E-state index in [0.717, 1.165) is 58.7 Å². The van der Waals surface area contributed by atoms with Gasteiger partial charge in [0.05, 0.1) is 35.6 Å². The standard InChI is InChI=1S/C31H33N3O4S/c1-18(2)38-27-13-10-20(15-22(27)16-32)30-33-17-28(39-30)25-9-5-8-24-23(25)11-12-26(24)34-29(35)19-6-4-7-21(14-19)31(36)37-3/h5,8-10,13,15,17-19,21,26H,4,6-7,11-12,14H2,1-3H3,(H,34,35)/t19?,21?,26-/m1/s1. The summed E-state index contributed by atoms with van der Waals surface area (Å²) in [6.07, 6.45) is 6.61. The number of aromatic nitrogens is 1. The Morgan fingerprint density at radius 1 is 1.15 bits per heavy atom. The number of hydrogen-bond donors (Lipinski definition) is 1. The van der Waals surface area contributed by atoms with Crippen LogP contribution in [0.15, 0.2) is 42.6 Å². The second-order valence-corrected chi connectivity index (χ2v) is 11.6. The third-order valence-corrected chi connectivity index (χ3v) is 8.73. The second-order valence-electron chi connectivity index (χ2n) is 10.6. The number of carbonyl (C=O) groups excluding carboxylic acids is 2. The molecule has 39 heavy (non-hydrogen) atoms. The zero-order chi connectivity index (χ0) is 27.5. The van der Waals surface area contributed by atoms with Crippen molar-refractivity contribution in [1.82, 2.24) is 10.3 Å². The van der Waals surface area contributed by atoms with Crippen LogP contribution >= 0.6 is 11.3 Å². The lowest BCUT2D eigenvalue weighted by Crippen LogP contribution is -2.37. The Bertz CT molecular complexity index is 1420. The summed E-state index contributed by atoms with van der Waals surface area (Å²) >= 11 is 1.59. The Kier molecular flexibility index (Phi) is 7.99. The monoisotopic (exact) mass is 543 g/mol. The van der Waals surface area contributed by atoms with E-state index in [1.807, 2.05) is 44.3 Å². The van der Waals surface area contributed by atoms with Crippen LogP contribution in [0.2, 0.25) is 0 Å². The Morgan fingerprint density at radius 2 is 1.97 bits per heavy atom. The van der Waals surface area contributed by atoms with Crippen molar-refractivity contribution in [2.24, 2.45) is 11.8 Å². The van der Waals surface area contributed by atoms with Gasteiger partial charge in [0.2, 0.25) is 5.91 Å². The van der Waals surface area contributed by atoms with Crippen LogP contribution in [0, 0.1) is 23.2 Å². The number of nitriles is 1. The van der Waals surface area contributed by atoms with Crippen LogP contribution in [-0.4, -0.2) is 30.1 Å². The first-order valence-corrected chi connectivity index (χ1v) is 14.4. The molecule has 7 nitrogen and oxygen atoms in total. The molecule has 5 rings (SSSR count). The molecule has 3 atom stereocenters. The number of amides is 1. The van der Waals surface area contributed by atoms with E-state index in [0.29, 0.717) is 17.7 Å². The van der Waals surface area contributed by atoms with E-state index >= 15 is 0 Å². The predicted molar refractivity (Wildman–Crippen MR) is 150 cm³/mol. The molecule has 2 aliphatic rings. The lowest BCUT2D eigenvalue weighted by Gasteiger charge is -2.28. The highest BCUT2D eigenvalue weighted by Crippen LogP contribution is 2.42. The molecular formula is C31H33N3O4S. The summed E-state index contributed by atoms with van der Waals surface area (Å²) in [5.41, 5.74) is 4.91. The molecule has 0 saturated heterocycles. The van der Waals surface area contributed by atoms with Crippen molar-refractivity contribution >= 4 is 23.2 Å². The van der Waals surface area contributed by atoms with Crippen LogP contribution in [0.5, 0.6) is 5.75 Å². The lowest BCUT2D eigenvalue weighted by atomic mass is 9.81. The molecule has 0 aliphatic heterocycles. The third kappa shape index (κ3) is 5.69. The molecule has 1 heterocycles. The molecule has 1 saturated carbocycles. The number of esters is 1. The van der Waals surface area contributed by atoms with Crippen molar-refractivity contribution in [3.63, 3.8) is 0 Å². The fourth-order valence-electron chi connectivity index (χ4n) is 5.77. The molecule has 1 aromatic heterocycles. The molecule has 0 bridgehead atoms. The second kappa shape index (κ2) is 11.6. The van der Waals surface area contributed by atoms with Gasteiger partial charge < -0.3 is 14.8 Å². The van der Waals surface area contributed by atoms with Crippen molar-refractivity contribution in [1.29, 1.82) is 5.26 Å². The fourth-order valence-corrected chi connectivity index (χ4v) is 6.74. The van der Waals surface area contributed by atoms with Crippen LogP contribution in [0.1, 0.15) is 68.7 Å². The summed E-state index contributed by atoms with van der Waals surface area (Å²) in [5.74, 6) is 0.0533. The Morgan fingerprint density at radius 3 is 2.74 bits per heavy atom. The minimum absolute atomic E-state index is 0.0114. The topological polar surface area (TPSA) is 101 Å². The van der Waals surface area contributed by atoms with Crippen molar-refractivity contribution in [3.8, 4) is 32.8 Å². The summed E-state index contributed by atoms with van der Waals surface area (Å²) < 4.78 is 10.7. The SMILES string of the molecule is COC(=O)C1CCCC(C(=O)N[C@@H]2CCc3c(-c4cnc(-c5ccc(OC(C)C)c(C#N)c5)s4)cccc32)C1. The number of thiazole rings is 1. The van der Waals surface area contributed by atoms with Gasteiger partial charge in [-0.2, -0.15) is 5.26 Å². The highest BCUT2D eigenvalue weighted by atomic mass is 32.1. The highest BCUT2D eigenvalue weighted by molar-refractivity contribution is 7.18. The van der Waals surface area contributed by atoms with Gasteiger partial charge >= 0.3 is 5.97 Å². The van der Waals surface area contributed by atoms with Crippen LogP contribution < -0.4 is 10.1 Å². The van der Waals surface area contributed by atoms with E-state index in [9.17, 15) is 14.9 Å². The van der Waals surface area contributed by atoms with Gasteiger partial charge in [-0.1, -0.05) is 24.6 Å². The first-order chi connectivity index (χ1) is 18.9. The first-order valence-electron chi connectivity index (χ1n) is 13.5. The minimum atomic E-state index is -0.212. The number of fused-ring (bicyclic) bond motifs is 1. The summed E-state index contributed by atoms with van der Waals surface area (Å²) in [6, 6.07) is 14.1. The predicted octanol–water partition coefficient (Wildman–Crippen LogP) is 6.22. The number of rotatable bonds is 7. The maximum absolute atomic E-state index is 13.2. The lowest BCUT2D eigenvalue weighted by molar-refractivity contribution is -0.147. The van der Waals surface area contributed by atoms with Crippen LogP contribution in [0.3, 0.4) is 0 Å². The quantitative estimate of drug-likeness (QED) is 0.355. The van der Waals surface area contributed by atoms with Gasteiger partial charge in [-0.05, 0) is 80.8 Å². The fraction of sp³-hybridized carbons (Fsp3) is 0.419. The molecule has 2 aliphatic carbocycles. The maximum Gasteiger partial charge on any atom is 0.308 e. The molecule has 8 heteroatoms. The van der Waals surface area contributed by atoms with Crippen molar-refractivity contribution in [3.05, 3.63) is 59.3 Å². The molecule has 1 fully saturated rings. The summed E-state index contributed by atoms with van der Waals surface area (Å²) in [5, 5.41) is 13.7. The first kappa shape index (κ1) is 26.9. The van der Waals surface area contributed by atoms with E-state index < -0.39 is 0 Å². The third-order valence-electron chi connectivity index (χ3n) is 7.65. The molecule has 2 aromatic carbocycles. The molecule has 1 amide bonds. The van der Waals surface area contributed by atoms with E-state index in [1.54, 1.807) is 11.3 Å². The van der Waals surface area contributed by atoms with Crippen molar-refractivity contribution in [2.45, 2.75) is 64.5 Å². The van der Waals surface area contributed by atoms with Crippen LogP contribution in [0.25, 0.3) is 21.0 Å². The maximum atomic E-state index is 13.2. The number of methoxy groups -OCH3 is 1. The average Bonchev–Trinajstić information content (AvgIpc) is 3.60. The number of benzene rings is 2. The normalized spacial score (nSPS) is 20.2. The van der Waals surface area contributed by atoms with Gasteiger partial charge in [0.15, 0.2) is 0 Å². The van der Waals surface area contributed by atoms with Crippen LogP contribution in [-0.2, 0) is 20.7 Å². The Balaban J connectivity index is 1.33. The van der Waals surface area contributed by atoms with Crippen molar-refractivity contribution in [2.75, 3.05) is 7.11 Å². The van der Waals surface area contributed by atoms with E-state index in [4.69, 9.17) is 9.47 Å². The molecule has 3 aromatic rings. The minimum Gasteiger partial charge on any atom is -0.490 e. The number of nitrogens with one attached hydrogen (secondary N) is 1. The summed E-state index contributed by atoms with van der Waals surface area (Å²) in [4.78, 5) is 30.9. The van der Waals surface area contributed by atoms with Gasteiger partial charge in [-0.25, -0.2) is 4.98 Å². The average molecular weight is 544 g/mol. The number of carbonyl (C=O) groups is 2. The van der Waals surface area contributed by atoms with Gasteiger partial charge in [0, 0.05) is 17.7 Å². The summed E-state index contributed by atoms with van der Waals surface area (Å²) in [7, 11) is 1.41. The molecule has 0 spiro atoms. The van der Waals surface area contributed by atoms with Gasteiger partial charge in [0.25, 0.3) is 0 Å². The van der Waals surface area contributed by atoms with Gasteiger partial charge in [-0.15, -0.1) is 11.3 Å². The molecule has 0 radical (unpaired) electrons. The van der Waals surface area contributed by atoms with E-state index in [1.165, 1.54) is 12.7 Å². The molecule has 202 valence electrons. The van der Waals surface area contributed by atoms with Crippen LogP contribution in [0.4, 0.5) is 0 Å². The number of nitrogens with zero attached hydrogens (tertiary/aromatic N) is 2. The zero-order valence-electron chi connectivity index (χ0n) is 22.5. The van der Waals surface area contributed by atoms with Gasteiger partial charge in [0.1, 0.15) is 16.8 Å². The molecular weight excluding hydrogens is 510 g/mol. The zero-order valence-corrected chi connectivity index (χ0v) is 23.3. The highest BCUT2D eigenvalue weighted by Gasteiger charge is 2.34. The largest absolute Gasteiger partial charge is 0.490 e. The van der Waals surface area contributed by atoms with Gasteiger partial charge in [-0.3, -0.25) is 9.59 Å². The van der Waals surface area contributed by atoms with Crippen molar-refractivity contribution < 1.29 is 19.1 Å². The van der Waals surface area contributed by atoms with E-state index in [2.05, 4.69) is 28.5 Å². The Hall–Kier alpha value is -3.70.